The van der Waals surface area contributed by atoms with Gasteiger partial charge in [-0.1, -0.05) is 35.9 Å². The van der Waals surface area contributed by atoms with Gasteiger partial charge in [0.15, 0.2) is 9.84 Å². The van der Waals surface area contributed by atoms with Gasteiger partial charge in [-0.05, 0) is 42.3 Å². The van der Waals surface area contributed by atoms with E-state index in [1.54, 1.807) is 43.3 Å². The highest BCUT2D eigenvalue weighted by atomic mass is 35.5. The molecule has 1 atom stereocenters. The molecule has 24 heavy (non-hydrogen) atoms. The second-order valence-corrected chi connectivity index (χ2v) is 9.78. The highest BCUT2D eigenvalue weighted by Gasteiger charge is 2.17. The van der Waals surface area contributed by atoms with Crippen LogP contribution in [0.2, 0.25) is 5.02 Å². The second-order valence-electron chi connectivity index (χ2n) is 5.57. The summed E-state index contributed by atoms with van der Waals surface area (Å²) < 4.78 is 50.0. The van der Waals surface area contributed by atoms with Crippen LogP contribution in [0.25, 0.3) is 0 Å². The van der Waals surface area contributed by atoms with E-state index in [9.17, 15) is 16.8 Å². The van der Waals surface area contributed by atoms with Crippen LogP contribution >= 0.6 is 11.6 Å². The van der Waals surface area contributed by atoms with Gasteiger partial charge in [-0.15, -0.1) is 0 Å². The van der Waals surface area contributed by atoms with Crippen molar-refractivity contribution in [2.45, 2.75) is 23.6 Å². The molecule has 2 aromatic rings. The van der Waals surface area contributed by atoms with Gasteiger partial charge in [0.1, 0.15) is 0 Å². The zero-order valence-corrected chi connectivity index (χ0v) is 15.6. The lowest BCUT2D eigenvalue weighted by atomic mass is 10.1. The second kappa shape index (κ2) is 7.23. The van der Waals surface area contributed by atoms with Gasteiger partial charge >= 0.3 is 0 Å². The fourth-order valence-electron chi connectivity index (χ4n) is 2.23. The number of sulfonamides is 1. The first kappa shape index (κ1) is 18.9. The molecule has 8 heteroatoms. The van der Waals surface area contributed by atoms with Crippen molar-refractivity contribution < 1.29 is 16.8 Å². The first-order valence-corrected chi connectivity index (χ1v) is 11.0. The van der Waals surface area contributed by atoms with Gasteiger partial charge in [0, 0.05) is 17.3 Å². The molecule has 0 heterocycles. The highest BCUT2D eigenvalue weighted by Crippen LogP contribution is 2.18. The molecule has 0 fully saturated rings. The molecule has 0 saturated heterocycles. The molecule has 130 valence electrons. The van der Waals surface area contributed by atoms with E-state index >= 15 is 0 Å². The van der Waals surface area contributed by atoms with Crippen molar-refractivity contribution in [1.29, 1.82) is 0 Å². The zero-order chi connectivity index (χ0) is 18.0. The Labute approximate surface area is 147 Å². The van der Waals surface area contributed by atoms with E-state index < -0.39 is 25.9 Å². The Balaban J connectivity index is 2.11. The van der Waals surface area contributed by atoms with Crippen LogP contribution in [0.1, 0.15) is 24.1 Å². The minimum absolute atomic E-state index is 0.181. The standard InChI is InChI=1S/C16H18ClNO4S2/c1-12(14-6-8-16(9-7-14)23(2,19)20)18-24(21,22)11-13-4-3-5-15(17)10-13/h3-10,12,18H,11H2,1-2H3/t12-/m1/s1. The number of halogens is 1. The number of hydrogen-bond donors (Lipinski definition) is 1. The molecule has 0 aliphatic rings. The average Bonchev–Trinajstić information content (AvgIpc) is 2.45. The average molecular weight is 388 g/mol. The summed E-state index contributed by atoms with van der Waals surface area (Å²) in [5, 5.41) is 0.479. The van der Waals surface area contributed by atoms with E-state index in [1.807, 2.05) is 0 Å². The van der Waals surface area contributed by atoms with Gasteiger partial charge in [-0.2, -0.15) is 0 Å². The summed E-state index contributed by atoms with van der Waals surface area (Å²) in [4.78, 5) is 0.195. The lowest BCUT2D eigenvalue weighted by Gasteiger charge is -2.15. The van der Waals surface area contributed by atoms with E-state index in [-0.39, 0.29) is 10.6 Å². The topological polar surface area (TPSA) is 80.3 Å². The Morgan fingerprint density at radius 1 is 1.04 bits per heavy atom. The summed E-state index contributed by atoms with van der Waals surface area (Å²) in [6.45, 7) is 1.70. The number of nitrogens with one attached hydrogen (secondary N) is 1. The third-order valence-electron chi connectivity index (χ3n) is 3.41. The van der Waals surface area contributed by atoms with Crippen LogP contribution in [0.3, 0.4) is 0 Å². The summed E-state index contributed by atoms with van der Waals surface area (Å²) >= 11 is 5.86. The molecule has 1 N–H and O–H groups in total. The molecule has 0 radical (unpaired) electrons. The Kier molecular flexibility index (Phi) is 5.70. The normalized spacial score (nSPS) is 13.6. The molecule has 2 aromatic carbocycles. The zero-order valence-electron chi connectivity index (χ0n) is 13.2. The van der Waals surface area contributed by atoms with E-state index in [1.165, 1.54) is 12.1 Å². The quantitative estimate of drug-likeness (QED) is 0.826. The monoisotopic (exact) mass is 387 g/mol. The molecule has 0 saturated carbocycles. The van der Waals surface area contributed by atoms with Gasteiger partial charge < -0.3 is 0 Å². The smallest absolute Gasteiger partial charge is 0.216 e. The maximum Gasteiger partial charge on any atom is 0.216 e. The van der Waals surface area contributed by atoms with Gasteiger partial charge in [-0.25, -0.2) is 21.6 Å². The minimum atomic E-state index is -3.56. The maximum atomic E-state index is 12.3. The Bertz CT molecular complexity index is 923. The van der Waals surface area contributed by atoms with E-state index in [2.05, 4.69) is 4.72 Å². The SMILES string of the molecule is C[C@@H](NS(=O)(=O)Cc1cccc(Cl)c1)c1ccc(S(C)(=O)=O)cc1. The minimum Gasteiger partial charge on any atom is -0.224 e. The van der Waals surface area contributed by atoms with Crippen LogP contribution in [0.4, 0.5) is 0 Å². The largest absolute Gasteiger partial charge is 0.224 e. The third-order valence-corrected chi connectivity index (χ3v) is 6.20. The Hall–Kier alpha value is -1.41. The van der Waals surface area contributed by atoms with Crippen LogP contribution in [0, 0.1) is 0 Å². The predicted molar refractivity (Wildman–Crippen MR) is 95.2 cm³/mol. The number of rotatable bonds is 6. The first-order chi connectivity index (χ1) is 11.1. The molecule has 0 spiro atoms. The molecular formula is C16H18ClNO4S2. The fraction of sp³-hybridized carbons (Fsp3) is 0.250. The van der Waals surface area contributed by atoms with Crippen LogP contribution < -0.4 is 4.72 Å². The van der Waals surface area contributed by atoms with Crippen molar-refractivity contribution in [2.75, 3.05) is 6.26 Å². The molecule has 2 rings (SSSR count). The molecule has 0 aliphatic heterocycles. The van der Waals surface area contributed by atoms with Crippen LogP contribution in [0.15, 0.2) is 53.4 Å². The number of sulfone groups is 1. The van der Waals surface area contributed by atoms with Crippen molar-refractivity contribution in [3.05, 3.63) is 64.7 Å². The molecule has 0 aromatic heterocycles. The van der Waals surface area contributed by atoms with Gasteiger partial charge in [0.25, 0.3) is 0 Å². The molecule has 0 bridgehead atoms. The predicted octanol–water partition coefficient (Wildman–Crippen LogP) is 2.92. The maximum absolute atomic E-state index is 12.3. The lowest BCUT2D eigenvalue weighted by molar-refractivity contribution is 0.565. The Morgan fingerprint density at radius 2 is 1.67 bits per heavy atom. The first-order valence-electron chi connectivity index (χ1n) is 7.11. The van der Waals surface area contributed by atoms with E-state index in [4.69, 9.17) is 11.6 Å². The van der Waals surface area contributed by atoms with Gasteiger partial charge in [0.05, 0.1) is 10.6 Å². The van der Waals surface area contributed by atoms with Crippen molar-refractivity contribution in [2.24, 2.45) is 0 Å². The summed E-state index contributed by atoms with van der Waals surface area (Å²) in [6, 6.07) is 12.3. The van der Waals surface area contributed by atoms with Gasteiger partial charge in [0.2, 0.25) is 10.0 Å². The highest BCUT2D eigenvalue weighted by molar-refractivity contribution is 7.90. The van der Waals surface area contributed by atoms with Crippen molar-refractivity contribution in [3.8, 4) is 0 Å². The molecule has 5 nitrogen and oxygen atoms in total. The molecule has 0 aliphatic carbocycles. The third kappa shape index (κ3) is 5.31. The van der Waals surface area contributed by atoms with Gasteiger partial charge in [-0.3, -0.25) is 0 Å². The number of hydrogen-bond acceptors (Lipinski definition) is 4. The summed E-state index contributed by atoms with van der Waals surface area (Å²) in [7, 11) is -6.84. The van der Waals surface area contributed by atoms with Crippen LogP contribution in [-0.2, 0) is 25.6 Å². The van der Waals surface area contributed by atoms with Crippen molar-refractivity contribution in [3.63, 3.8) is 0 Å². The molecule has 0 unspecified atom stereocenters. The van der Waals surface area contributed by atoms with Crippen molar-refractivity contribution >= 4 is 31.5 Å². The van der Waals surface area contributed by atoms with E-state index in [0.29, 0.717) is 16.1 Å². The Morgan fingerprint density at radius 3 is 2.21 bits per heavy atom. The lowest BCUT2D eigenvalue weighted by Crippen LogP contribution is -2.28. The summed E-state index contributed by atoms with van der Waals surface area (Å²) in [5.41, 5.74) is 1.27. The molecular weight excluding hydrogens is 370 g/mol. The van der Waals surface area contributed by atoms with E-state index in [0.717, 1.165) is 6.26 Å². The van der Waals surface area contributed by atoms with Crippen LogP contribution in [0.5, 0.6) is 0 Å². The summed E-state index contributed by atoms with van der Waals surface area (Å²) in [6.07, 6.45) is 1.12. The van der Waals surface area contributed by atoms with Crippen LogP contribution in [-0.4, -0.2) is 23.1 Å². The van der Waals surface area contributed by atoms with Crippen molar-refractivity contribution in [1.82, 2.24) is 4.72 Å². The fourth-order valence-corrected chi connectivity index (χ4v) is 4.45. The molecule has 0 amide bonds. The summed E-state index contributed by atoms with van der Waals surface area (Å²) in [5.74, 6) is -0.181. The number of benzene rings is 2.